The number of rotatable bonds is 0. The Balaban J connectivity index is 2.31. The highest BCUT2D eigenvalue weighted by Crippen LogP contribution is 2.56. The number of hydrogen-bond donors (Lipinski definition) is 2. The van der Waals surface area contributed by atoms with Crippen molar-refractivity contribution in [1.29, 1.82) is 0 Å². The predicted molar refractivity (Wildman–Crippen MR) is 82.1 cm³/mol. The molecule has 2 atom stereocenters. The van der Waals surface area contributed by atoms with Gasteiger partial charge in [-0.25, -0.2) is 0 Å². The van der Waals surface area contributed by atoms with E-state index in [1.54, 1.807) is 0 Å². The van der Waals surface area contributed by atoms with Gasteiger partial charge in [0.2, 0.25) is 0 Å². The summed E-state index contributed by atoms with van der Waals surface area (Å²) in [6, 6.07) is 4.36. The van der Waals surface area contributed by atoms with E-state index in [9.17, 15) is 5.11 Å². The van der Waals surface area contributed by atoms with Crippen LogP contribution in [0.15, 0.2) is 12.1 Å². The van der Waals surface area contributed by atoms with Gasteiger partial charge in [0.15, 0.2) is 0 Å². The summed E-state index contributed by atoms with van der Waals surface area (Å²) in [6.45, 7) is 8.19. The molecule has 1 heterocycles. The molecule has 0 saturated carbocycles. The van der Waals surface area contributed by atoms with E-state index in [-0.39, 0.29) is 10.8 Å². The van der Waals surface area contributed by atoms with Gasteiger partial charge < -0.3 is 10.4 Å². The summed E-state index contributed by atoms with van der Waals surface area (Å²) in [5, 5.41) is 13.8. The van der Waals surface area contributed by atoms with Crippen LogP contribution in [0, 0.1) is 8.99 Å². The highest BCUT2D eigenvalue weighted by atomic mass is 127. The molecule has 1 aliphatic heterocycles. The lowest BCUT2D eigenvalue weighted by Crippen LogP contribution is -2.62. The fourth-order valence-electron chi connectivity index (χ4n) is 3.85. The van der Waals surface area contributed by atoms with Crippen LogP contribution < -0.4 is 5.32 Å². The summed E-state index contributed by atoms with van der Waals surface area (Å²) < 4.78 is 1.30. The Morgan fingerprint density at radius 3 is 2.78 bits per heavy atom. The first-order valence-electron chi connectivity index (χ1n) is 6.62. The topological polar surface area (TPSA) is 32.3 Å². The van der Waals surface area contributed by atoms with Gasteiger partial charge in [-0.05, 0) is 65.1 Å². The second-order valence-corrected chi connectivity index (χ2v) is 7.60. The van der Waals surface area contributed by atoms with Crippen LogP contribution in [0.3, 0.4) is 0 Å². The van der Waals surface area contributed by atoms with E-state index in [0.29, 0.717) is 11.8 Å². The molecule has 1 fully saturated rings. The quantitative estimate of drug-likeness (QED) is 0.699. The molecule has 0 radical (unpaired) electrons. The van der Waals surface area contributed by atoms with Crippen molar-refractivity contribution in [3.05, 3.63) is 26.8 Å². The Labute approximate surface area is 122 Å². The zero-order chi connectivity index (χ0) is 13.1. The molecular formula is C15H20INO. The normalized spacial score (nSPS) is 33.0. The molecule has 2 nitrogen and oxygen atoms in total. The van der Waals surface area contributed by atoms with Gasteiger partial charge in [0.1, 0.15) is 5.75 Å². The molecule has 1 aromatic carbocycles. The number of halogens is 1. The maximum absolute atomic E-state index is 10.2. The number of hydrogen-bond acceptors (Lipinski definition) is 2. The Morgan fingerprint density at radius 1 is 1.33 bits per heavy atom. The van der Waals surface area contributed by atoms with Crippen molar-refractivity contribution in [3.63, 3.8) is 0 Å². The van der Waals surface area contributed by atoms with Crippen LogP contribution in [0.2, 0.25) is 0 Å². The second-order valence-electron chi connectivity index (χ2n) is 6.43. The number of phenols is 1. The summed E-state index contributed by atoms with van der Waals surface area (Å²) in [7, 11) is 0. The average Bonchev–Trinajstić information content (AvgIpc) is 2.27. The molecule has 0 unspecified atom stereocenters. The van der Waals surface area contributed by atoms with Gasteiger partial charge in [0, 0.05) is 20.6 Å². The molecule has 18 heavy (non-hydrogen) atoms. The third-order valence-electron chi connectivity index (χ3n) is 5.51. The van der Waals surface area contributed by atoms with Gasteiger partial charge in [-0.1, -0.05) is 20.8 Å². The van der Waals surface area contributed by atoms with Crippen LogP contribution in [0.5, 0.6) is 5.75 Å². The molecule has 0 amide bonds. The number of benzene rings is 1. The summed E-state index contributed by atoms with van der Waals surface area (Å²) in [4.78, 5) is 0. The highest BCUT2D eigenvalue weighted by Gasteiger charge is 2.54. The molecule has 0 spiro atoms. The fraction of sp³-hybridized carbons (Fsp3) is 0.600. The zero-order valence-corrected chi connectivity index (χ0v) is 13.3. The number of phenolic OH excluding ortho intramolecular Hbond substituents is 1. The minimum Gasteiger partial charge on any atom is -0.508 e. The van der Waals surface area contributed by atoms with E-state index in [4.69, 9.17) is 0 Å². The number of aromatic hydroxyl groups is 1. The van der Waals surface area contributed by atoms with Crippen molar-refractivity contribution in [3.8, 4) is 5.75 Å². The molecule has 98 valence electrons. The maximum Gasteiger partial charge on any atom is 0.119 e. The number of piperidine rings is 1. The lowest BCUT2D eigenvalue weighted by molar-refractivity contribution is 0.0544. The van der Waals surface area contributed by atoms with Crippen LogP contribution in [0.25, 0.3) is 0 Å². The SMILES string of the molecule is CC1(C)[C@H]2Cc3c(O)ccc(I)c3[C@@]1(C)CCN2. The minimum absolute atomic E-state index is 0.158. The lowest BCUT2D eigenvalue weighted by atomic mass is 9.51. The highest BCUT2D eigenvalue weighted by molar-refractivity contribution is 14.1. The van der Waals surface area contributed by atoms with Crippen molar-refractivity contribution in [2.75, 3.05) is 6.54 Å². The summed E-state index contributed by atoms with van der Waals surface area (Å²) >= 11 is 2.42. The average molecular weight is 357 g/mol. The van der Waals surface area contributed by atoms with Gasteiger partial charge in [-0.15, -0.1) is 0 Å². The van der Waals surface area contributed by atoms with Crippen molar-refractivity contribution in [2.45, 2.75) is 45.1 Å². The first kappa shape index (κ1) is 12.7. The number of nitrogens with one attached hydrogen (secondary N) is 1. The van der Waals surface area contributed by atoms with Crippen molar-refractivity contribution < 1.29 is 5.11 Å². The smallest absolute Gasteiger partial charge is 0.119 e. The third kappa shape index (κ3) is 1.43. The Kier molecular flexibility index (Phi) is 2.73. The number of fused-ring (bicyclic) bond motifs is 4. The summed E-state index contributed by atoms with van der Waals surface area (Å²) in [5.74, 6) is 0.473. The molecule has 2 N–H and O–H groups in total. The van der Waals surface area contributed by atoms with E-state index in [0.717, 1.165) is 19.4 Å². The standard InChI is InChI=1S/C15H20INO/c1-14(2)12-8-9-11(18)5-4-10(16)13(9)15(14,3)6-7-17-12/h4-5,12,17-18H,6-8H2,1-3H3/t12-,15-/m1/s1. The molecule has 3 rings (SSSR count). The molecule has 0 aromatic heterocycles. The van der Waals surface area contributed by atoms with Gasteiger partial charge in [0.05, 0.1) is 0 Å². The Bertz CT molecular complexity index is 511. The third-order valence-corrected chi connectivity index (χ3v) is 6.41. The molecule has 1 aliphatic carbocycles. The summed E-state index contributed by atoms with van der Waals surface area (Å²) in [6.07, 6.45) is 2.09. The first-order chi connectivity index (χ1) is 8.38. The maximum atomic E-state index is 10.2. The van der Waals surface area contributed by atoms with Crippen LogP contribution in [0.1, 0.15) is 38.3 Å². The van der Waals surface area contributed by atoms with E-state index >= 15 is 0 Å². The van der Waals surface area contributed by atoms with Gasteiger partial charge in [0.25, 0.3) is 0 Å². The van der Waals surface area contributed by atoms with E-state index in [2.05, 4.69) is 54.7 Å². The molecule has 3 heteroatoms. The van der Waals surface area contributed by atoms with Crippen LogP contribution >= 0.6 is 22.6 Å². The fourth-order valence-corrected chi connectivity index (χ4v) is 4.95. The molecule has 1 saturated heterocycles. The van der Waals surface area contributed by atoms with E-state index < -0.39 is 0 Å². The monoisotopic (exact) mass is 357 g/mol. The molecular weight excluding hydrogens is 337 g/mol. The largest absolute Gasteiger partial charge is 0.508 e. The van der Waals surface area contributed by atoms with Crippen LogP contribution in [-0.2, 0) is 11.8 Å². The molecule has 1 aromatic rings. The van der Waals surface area contributed by atoms with Gasteiger partial charge in [-0.2, -0.15) is 0 Å². The molecule has 2 bridgehead atoms. The Hall–Kier alpha value is -0.290. The van der Waals surface area contributed by atoms with E-state index in [1.807, 2.05) is 6.07 Å². The van der Waals surface area contributed by atoms with Crippen LogP contribution in [-0.4, -0.2) is 17.7 Å². The zero-order valence-electron chi connectivity index (χ0n) is 11.2. The minimum atomic E-state index is 0.158. The summed E-state index contributed by atoms with van der Waals surface area (Å²) in [5.41, 5.74) is 2.95. The molecule has 2 aliphatic rings. The van der Waals surface area contributed by atoms with Gasteiger partial charge >= 0.3 is 0 Å². The van der Waals surface area contributed by atoms with Crippen molar-refractivity contribution >= 4 is 22.6 Å². The van der Waals surface area contributed by atoms with Crippen LogP contribution in [0.4, 0.5) is 0 Å². The van der Waals surface area contributed by atoms with E-state index in [1.165, 1.54) is 14.7 Å². The Morgan fingerprint density at radius 2 is 2.06 bits per heavy atom. The second kappa shape index (κ2) is 3.85. The van der Waals surface area contributed by atoms with Gasteiger partial charge in [-0.3, -0.25) is 0 Å². The van der Waals surface area contributed by atoms with Crippen molar-refractivity contribution in [2.24, 2.45) is 5.41 Å². The lowest BCUT2D eigenvalue weighted by Gasteiger charge is -2.57. The van der Waals surface area contributed by atoms with Crippen molar-refractivity contribution in [1.82, 2.24) is 5.32 Å². The predicted octanol–water partition coefficient (Wildman–Crippen LogP) is 3.20. The first-order valence-corrected chi connectivity index (χ1v) is 7.70.